The number of benzene rings is 2. The maximum atomic E-state index is 10.7. The van der Waals surface area contributed by atoms with Crippen molar-refractivity contribution in [1.82, 2.24) is 0 Å². The van der Waals surface area contributed by atoms with Crippen molar-refractivity contribution in [2.75, 3.05) is 5.73 Å². The minimum atomic E-state index is -2.55. The number of hydrogen-bond acceptors (Lipinski definition) is 4. The molecule has 4 nitrogen and oxygen atoms in total. The molecule has 0 fully saturated rings. The van der Waals surface area contributed by atoms with Crippen molar-refractivity contribution in [3.63, 3.8) is 0 Å². The molecule has 17 heavy (non-hydrogen) atoms. The Morgan fingerprint density at radius 1 is 0.941 bits per heavy atom. The van der Waals surface area contributed by atoms with E-state index in [0.717, 1.165) is 0 Å². The normalized spacial score (nSPS) is 10.4. The minimum Gasteiger partial charge on any atom is -0.455 e. The highest BCUT2D eigenvalue weighted by atomic mass is 32.2. The Kier molecular flexibility index (Phi) is 3.30. The standard InChI is InChI=1S/C12H11NO3S/c13-11-3-1-2-4-12(11)16-9-5-7-10(8-6-9)17(14)15/h1-8,17H,13H2. The summed E-state index contributed by atoms with van der Waals surface area (Å²) in [5.41, 5.74) is 6.26. The van der Waals surface area contributed by atoms with Gasteiger partial charge < -0.3 is 10.5 Å². The van der Waals surface area contributed by atoms with Crippen molar-refractivity contribution in [2.45, 2.75) is 4.90 Å². The lowest BCUT2D eigenvalue weighted by Gasteiger charge is -2.07. The van der Waals surface area contributed by atoms with Gasteiger partial charge in [0.05, 0.1) is 10.6 Å². The zero-order valence-electron chi connectivity index (χ0n) is 8.87. The molecule has 0 aliphatic rings. The Bertz CT molecular complexity index is 583. The van der Waals surface area contributed by atoms with Crippen LogP contribution in [-0.4, -0.2) is 8.42 Å². The van der Waals surface area contributed by atoms with Gasteiger partial charge in [0.2, 0.25) is 0 Å². The first-order chi connectivity index (χ1) is 8.16. The molecule has 2 aromatic rings. The maximum Gasteiger partial charge on any atom is 0.168 e. The number of nitrogens with two attached hydrogens (primary N) is 1. The minimum absolute atomic E-state index is 0.258. The first kappa shape index (κ1) is 11.5. The van der Waals surface area contributed by atoms with Gasteiger partial charge in [0.1, 0.15) is 11.5 Å². The van der Waals surface area contributed by atoms with Crippen LogP contribution >= 0.6 is 0 Å². The predicted molar refractivity (Wildman–Crippen MR) is 66.0 cm³/mol. The Morgan fingerprint density at radius 2 is 1.59 bits per heavy atom. The van der Waals surface area contributed by atoms with Crippen molar-refractivity contribution in [3.05, 3.63) is 48.5 Å². The van der Waals surface area contributed by atoms with Crippen LogP contribution in [0.1, 0.15) is 0 Å². The summed E-state index contributed by atoms with van der Waals surface area (Å²) < 4.78 is 26.9. The number of anilines is 1. The van der Waals surface area contributed by atoms with Gasteiger partial charge in [0, 0.05) is 0 Å². The highest BCUT2D eigenvalue weighted by molar-refractivity contribution is 7.72. The lowest BCUT2D eigenvalue weighted by atomic mass is 10.3. The molecular formula is C12H11NO3S. The van der Waals surface area contributed by atoms with Gasteiger partial charge in [-0.3, -0.25) is 0 Å². The Balaban J connectivity index is 2.22. The van der Waals surface area contributed by atoms with Gasteiger partial charge in [-0.2, -0.15) is 0 Å². The molecule has 2 rings (SSSR count). The van der Waals surface area contributed by atoms with E-state index in [0.29, 0.717) is 17.2 Å². The molecule has 2 aromatic carbocycles. The molecule has 0 aliphatic carbocycles. The topological polar surface area (TPSA) is 69.4 Å². The smallest absolute Gasteiger partial charge is 0.168 e. The Morgan fingerprint density at radius 3 is 2.18 bits per heavy atom. The summed E-state index contributed by atoms with van der Waals surface area (Å²) in [6.45, 7) is 0. The highest BCUT2D eigenvalue weighted by Crippen LogP contribution is 2.26. The molecule has 0 saturated heterocycles. The number of nitrogen functional groups attached to an aromatic ring is 1. The van der Waals surface area contributed by atoms with Crippen LogP contribution in [0.4, 0.5) is 5.69 Å². The first-order valence-electron chi connectivity index (χ1n) is 4.93. The third kappa shape index (κ3) is 2.76. The van der Waals surface area contributed by atoms with E-state index in [-0.39, 0.29) is 4.90 Å². The van der Waals surface area contributed by atoms with Crippen LogP contribution in [0.3, 0.4) is 0 Å². The van der Waals surface area contributed by atoms with Crippen LogP contribution < -0.4 is 10.5 Å². The highest BCUT2D eigenvalue weighted by Gasteiger charge is 2.01. The zero-order valence-corrected chi connectivity index (χ0v) is 9.76. The fraction of sp³-hybridized carbons (Fsp3) is 0. The molecule has 0 atom stereocenters. The van der Waals surface area contributed by atoms with Crippen LogP contribution in [0.5, 0.6) is 11.5 Å². The quantitative estimate of drug-likeness (QED) is 0.645. The molecular weight excluding hydrogens is 238 g/mol. The number of hydrogen-bond donors (Lipinski definition) is 2. The third-order valence-electron chi connectivity index (χ3n) is 2.19. The first-order valence-corrected chi connectivity index (χ1v) is 6.11. The SMILES string of the molecule is Nc1ccccc1Oc1ccc([SH](=O)=O)cc1. The molecule has 5 heteroatoms. The number of thiol groups is 1. The van der Waals surface area contributed by atoms with Crippen LogP contribution in [0.25, 0.3) is 0 Å². The monoisotopic (exact) mass is 249 g/mol. The van der Waals surface area contributed by atoms with E-state index in [1.807, 2.05) is 12.1 Å². The van der Waals surface area contributed by atoms with Gasteiger partial charge in [0.15, 0.2) is 10.7 Å². The van der Waals surface area contributed by atoms with E-state index in [1.54, 1.807) is 24.3 Å². The molecule has 0 bridgehead atoms. The summed E-state index contributed by atoms with van der Waals surface area (Å²) in [6.07, 6.45) is 0. The zero-order chi connectivity index (χ0) is 12.3. The van der Waals surface area contributed by atoms with Gasteiger partial charge in [-0.05, 0) is 36.4 Å². The van der Waals surface area contributed by atoms with Gasteiger partial charge in [0.25, 0.3) is 0 Å². The fourth-order valence-corrected chi connectivity index (χ4v) is 1.73. The summed E-state index contributed by atoms with van der Waals surface area (Å²) in [4.78, 5) is 0.258. The van der Waals surface area contributed by atoms with Crippen molar-refractivity contribution < 1.29 is 13.2 Å². The molecule has 0 heterocycles. The summed E-state index contributed by atoms with van der Waals surface area (Å²) in [6, 6.07) is 13.3. The summed E-state index contributed by atoms with van der Waals surface area (Å²) in [7, 11) is -2.55. The van der Waals surface area contributed by atoms with E-state index >= 15 is 0 Å². The Labute approximate surface area is 101 Å². The average molecular weight is 249 g/mol. The molecule has 88 valence electrons. The van der Waals surface area contributed by atoms with Crippen molar-refractivity contribution in [2.24, 2.45) is 0 Å². The summed E-state index contributed by atoms with van der Waals surface area (Å²) >= 11 is 0. The largest absolute Gasteiger partial charge is 0.455 e. The molecule has 0 aliphatic heterocycles. The molecule has 0 saturated carbocycles. The summed E-state index contributed by atoms with van der Waals surface area (Å²) in [5, 5.41) is 0. The van der Waals surface area contributed by atoms with Gasteiger partial charge in [-0.15, -0.1) is 0 Å². The van der Waals surface area contributed by atoms with E-state index in [2.05, 4.69) is 0 Å². The lowest BCUT2D eigenvalue weighted by Crippen LogP contribution is -1.91. The molecule has 0 radical (unpaired) electrons. The second-order valence-corrected chi connectivity index (χ2v) is 4.42. The molecule has 0 aromatic heterocycles. The predicted octanol–water partition coefficient (Wildman–Crippen LogP) is 2.03. The lowest BCUT2D eigenvalue weighted by molar-refractivity contribution is 0.484. The van der Waals surface area contributed by atoms with Crippen LogP contribution in [0.2, 0.25) is 0 Å². The third-order valence-corrected chi connectivity index (χ3v) is 2.91. The van der Waals surface area contributed by atoms with Crippen molar-refractivity contribution >= 4 is 16.4 Å². The van der Waals surface area contributed by atoms with E-state index in [9.17, 15) is 8.42 Å². The van der Waals surface area contributed by atoms with Crippen LogP contribution in [-0.2, 0) is 10.7 Å². The average Bonchev–Trinajstić information content (AvgIpc) is 2.33. The Hall–Kier alpha value is -2.01. The molecule has 0 unspecified atom stereocenters. The van der Waals surface area contributed by atoms with E-state index in [1.165, 1.54) is 12.1 Å². The maximum absolute atomic E-state index is 10.7. The van der Waals surface area contributed by atoms with Crippen molar-refractivity contribution in [3.8, 4) is 11.5 Å². The van der Waals surface area contributed by atoms with Gasteiger partial charge in [-0.25, -0.2) is 8.42 Å². The number of rotatable bonds is 3. The molecule has 0 spiro atoms. The van der Waals surface area contributed by atoms with E-state index < -0.39 is 10.7 Å². The second-order valence-electron chi connectivity index (χ2n) is 3.39. The van der Waals surface area contributed by atoms with Crippen molar-refractivity contribution in [1.29, 1.82) is 0 Å². The van der Waals surface area contributed by atoms with E-state index in [4.69, 9.17) is 10.5 Å². The van der Waals surface area contributed by atoms with Crippen LogP contribution in [0, 0.1) is 0 Å². The fourth-order valence-electron chi connectivity index (χ4n) is 1.34. The van der Waals surface area contributed by atoms with Gasteiger partial charge in [-0.1, -0.05) is 12.1 Å². The molecule has 2 N–H and O–H groups in total. The number of ether oxygens (including phenoxy) is 1. The van der Waals surface area contributed by atoms with Crippen LogP contribution in [0.15, 0.2) is 53.4 Å². The number of para-hydroxylation sites is 2. The molecule has 0 amide bonds. The second kappa shape index (κ2) is 4.88. The van der Waals surface area contributed by atoms with Gasteiger partial charge >= 0.3 is 0 Å². The summed E-state index contributed by atoms with van der Waals surface area (Å²) in [5.74, 6) is 1.09.